The van der Waals surface area contributed by atoms with E-state index in [0.29, 0.717) is 35.4 Å². The zero-order chi connectivity index (χ0) is 28.6. The van der Waals surface area contributed by atoms with Gasteiger partial charge in [-0.1, -0.05) is 5.92 Å². The van der Waals surface area contributed by atoms with Gasteiger partial charge in [0.05, 0.1) is 35.4 Å². The van der Waals surface area contributed by atoms with E-state index < -0.39 is 10.2 Å². The number of hydrogen-bond donors (Lipinski definition) is 1. The maximum Gasteiger partial charge on any atom is 0.301 e. The number of piperazine rings is 1. The number of terminal acetylenes is 1. The van der Waals surface area contributed by atoms with Crippen molar-refractivity contribution in [2.75, 3.05) is 35.8 Å². The molecule has 0 amide bonds. The highest BCUT2D eigenvalue weighted by atomic mass is 32.2. The number of rotatable bonds is 6. The lowest BCUT2D eigenvalue weighted by atomic mass is 10.0. The third kappa shape index (κ3) is 5.07. The predicted molar refractivity (Wildman–Crippen MR) is 154 cm³/mol. The molecule has 1 N–H and O–H groups in total. The van der Waals surface area contributed by atoms with Gasteiger partial charge in [-0.3, -0.25) is 14.4 Å². The first kappa shape index (κ1) is 26.0. The minimum atomic E-state index is -3.77. The Labute approximate surface area is 236 Å². The number of pyridine rings is 3. The standard InChI is InChI=1S/C28H24N10O2S/c1-3-20-10-25(17-30-13-20)34-41(39,40)37-8-6-36(7-9-37)27-5-4-21(14-31-27)26-11-22(24-16-32-35(2)18-24)19-38-28(26)23(12-29)15-33-38/h1,4-5,10-11,13-19,34H,6-9H2,2H3. The molecule has 0 atom stereocenters. The van der Waals surface area contributed by atoms with Crippen LogP contribution in [0.4, 0.5) is 11.5 Å². The summed E-state index contributed by atoms with van der Waals surface area (Å²) in [5, 5.41) is 18.3. The molecular weight excluding hydrogens is 540 g/mol. The van der Waals surface area contributed by atoms with E-state index in [1.165, 1.54) is 16.7 Å². The van der Waals surface area contributed by atoms with Crippen LogP contribution in [0, 0.1) is 23.7 Å². The molecule has 41 heavy (non-hydrogen) atoms. The predicted octanol–water partition coefficient (Wildman–Crippen LogP) is 2.52. The summed E-state index contributed by atoms with van der Waals surface area (Å²) in [6.07, 6.45) is 17.2. The van der Waals surface area contributed by atoms with Gasteiger partial charge in [-0.25, -0.2) is 9.50 Å². The van der Waals surface area contributed by atoms with E-state index in [9.17, 15) is 13.7 Å². The molecule has 0 radical (unpaired) electrons. The maximum absolute atomic E-state index is 12.9. The normalized spacial score (nSPS) is 14.1. The average Bonchev–Trinajstić information content (AvgIpc) is 3.62. The van der Waals surface area contributed by atoms with Crippen LogP contribution in [0.15, 0.2) is 67.6 Å². The maximum atomic E-state index is 12.9. The van der Waals surface area contributed by atoms with Crippen molar-refractivity contribution in [3.8, 4) is 40.7 Å². The Bertz CT molecular complexity index is 1940. The first-order valence-electron chi connectivity index (χ1n) is 12.7. The van der Waals surface area contributed by atoms with Crippen LogP contribution in [0.2, 0.25) is 0 Å². The summed E-state index contributed by atoms with van der Waals surface area (Å²) in [5.41, 5.74) is 5.46. The van der Waals surface area contributed by atoms with Crippen LogP contribution in [-0.4, -0.2) is 68.3 Å². The number of anilines is 2. The van der Waals surface area contributed by atoms with Gasteiger partial charge in [-0.2, -0.15) is 28.2 Å². The molecule has 5 aromatic heterocycles. The van der Waals surface area contributed by atoms with Gasteiger partial charge in [0.15, 0.2) is 0 Å². The fraction of sp³-hybridized carbons (Fsp3) is 0.179. The first-order chi connectivity index (χ1) is 19.8. The van der Waals surface area contributed by atoms with E-state index in [2.05, 4.69) is 31.9 Å². The molecule has 13 heteroatoms. The van der Waals surface area contributed by atoms with Crippen LogP contribution in [0.5, 0.6) is 0 Å². The van der Waals surface area contributed by atoms with Gasteiger partial charge < -0.3 is 4.90 Å². The lowest BCUT2D eigenvalue weighted by Crippen LogP contribution is -2.50. The third-order valence-electron chi connectivity index (χ3n) is 6.88. The van der Waals surface area contributed by atoms with Crippen molar-refractivity contribution in [3.63, 3.8) is 0 Å². The third-order valence-corrected chi connectivity index (χ3v) is 8.42. The highest BCUT2D eigenvalue weighted by Gasteiger charge is 2.27. The highest BCUT2D eigenvalue weighted by molar-refractivity contribution is 7.90. The summed E-state index contributed by atoms with van der Waals surface area (Å²) in [5.74, 6) is 3.18. The second-order valence-electron chi connectivity index (χ2n) is 9.51. The van der Waals surface area contributed by atoms with Crippen LogP contribution < -0.4 is 9.62 Å². The lowest BCUT2D eigenvalue weighted by Gasteiger charge is -2.34. The monoisotopic (exact) mass is 564 g/mol. The van der Waals surface area contributed by atoms with Crippen LogP contribution in [0.3, 0.4) is 0 Å². The topological polar surface area (TPSA) is 137 Å². The molecule has 12 nitrogen and oxygen atoms in total. The van der Waals surface area contributed by atoms with Crippen LogP contribution in [0.25, 0.3) is 27.8 Å². The second kappa shape index (κ2) is 10.4. The van der Waals surface area contributed by atoms with Gasteiger partial charge in [0, 0.05) is 85.8 Å². The van der Waals surface area contributed by atoms with E-state index in [1.54, 1.807) is 33.9 Å². The van der Waals surface area contributed by atoms with Gasteiger partial charge in [-0.05, 0) is 24.3 Å². The van der Waals surface area contributed by atoms with Gasteiger partial charge in [-0.15, -0.1) is 6.42 Å². The number of nitriles is 1. The fourth-order valence-electron chi connectivity index (χ4n) is 4.83. The molecule has 0 bridgehead atoms. The Morgan fingerprint density at radius 3 is 2.46 bits per heavy atom. The molecule has 0 spiro atoms. The van der Waals surface area contributed by atoms with Gasteiger partial charge in [0.2, 0.25) is 0 Å². The van der Waals surface area contributed by atoms with Crippen molar-refractivity contribution in [3.05, 3.63) is 78.8 Å². The summed E-state index contributed by atoms with van der Waals surface area (Å²) in [6, 6.07) is 9.66. The fourth-order valence-corrected chi connectivity index (χ4v) is 6.01. The SMILES string of the molecule is C#Cc1cncc(NS(=O)(=O)N2CCN(c3ccc(-c4cc(-c5cnn(C)c5)cn5ncc(C#N)c45)cn3)CC2)c1. The first-order valence-corrected chi connectivity index (χ1v) is 14.1. The van der Waals surface area contributed by atoms with Crippen molar-refractivity contribution in [2.45, 2.75) is 0 Å². The van der Waals surface area contributed by atoms with Crippen LogP contribution in [0.1, 0.15) is 11.1 Å². The quantitative estimate of drug-likeness (QED) is 0.311. The number of aromatic nitrogens is 6. The molecule has 1 aliphatic heterocycles. The number of fused-ring (bicyclic) bond motifs is 1. The summed E-state index contributed by atoms with van der Waals surface area (Å²) in [7, 11) is -1.91. The van der Waals surface area contributed by atoms with Crippen molar-refractivity contribution < 1.29 is 8.42 Å². The van der Waals surface area contributed by atoms with Crippen molar-refractivity contribution >= 4 is 27.2 Å². The van der Waals surface area contributed by atoms with Gasteiger partial charge in [0.1, 0.15) is 11.9 Å². The minimum Gasteiger partial charge on any atom is -0.354 e. The van der Waals surface area contributed by atoms with Crippen molar-refractivity contribution in [1.29, 1.82) is 5.26 Å². The summed E-state index contributed by atoms with van der Waals surface area (Å²) in [4.78, 5) is 10.7. The van der Waals surface area contributed by atoms with Crippen molar-refractivity contribution in [2.24, 2.45) is 7.05 Å². The molecule has 6 heterocycles. The summed E-state index contributed by atoms with van der Waals surface area (Å²) >= 11 is 0. The summed E-state index contributed by atoms with van der Waals surface area (Å²) in [6.45, 7) is 1.52. The number of hydrogen-bond acceptors (Lipinski definition) is 8. The molecule has 1 saturated heterocycles. The van der Waals surface area contributed by atoms with E-state index in [1.807, 2.05) is 42.5 Å². The number of aryl methyl sites for hydroxylation is 1. The van der Waals surface area contributed by atoms with E-state index in [0.717, 1.165) is 28.1 Å². The smallest absolute Gasteiger partial charge is 0.301 e. The zero-order valence-electron chi connectivity index (χ0n) is 22.0. The minimum absolute atomic E-state index is 0.288. The number of nitrogens with one attached hydrogen (secondary N) is 1. The lowest BCUT2D eigenvalue weighted by molar-refractivity contribution is 0.386. The zero-order valence-corrected chi connectivity index (χ0v) is 22.8. The average molecular weight is 565 g/mol. The molecule has 204 valence electrons. The Morgan fingerprint density at radius 2 is 1.78 bits per heavy atom. The summed E-state index contributed by atoms with van der Waals surface area (Å²) < 4.78 is 33.2. The van der Waals surface area contributed by atoms with Gasteiger partial charge in [0.25, 0.3) is 0 Å². The van der Waals surface area contributed by atoms with Crippen LogP contribution >= 0.6 is 0 Å². The molecular formula is C28H24N10O2S. The second-order valence-corrected chi connectivity index (χ2v) is 11.2. The van der Waals surface area contributed by atoms with E-state index >= 15 is 0 Å². The molecule has 0 aromatic carbocycles. The molecule has 6 rings (SSSR count). The molecule has 5 aromatic rings. The van der Waals surface area contributed by atoms with E-state index in [-0.39, 0.29) is 13.1 Å². The molecule has 0 saturated carbocycles. The molecule has 1 aliphatic rings. The molecule has 0 aliphatic carbocycles. The Morgan fingerprint density at radius 1 is 0.951 bits per heavy atom. The Balaban J connectivity index is 1.21. The largest absolute Gasteiger partial charge is 0.354 e. The molecule has 1 fully saturated rings. The number of nitrogens with zero attached hydrogens (tertiary/aromatic N) is 9. The highest BCUT2D eigenvalue weighted by Crippen LogP contribution is 2.32. The Kier molecular flexibility index (Phi) is 6.59. The van der Waals surface area contributed by atoms with Crippen LogP contribution in [-0.2, 0) is 17.3 Å². The van der Waals surface area contributed by atoms with Crippen molar-refractivity contribution in [1.82, 2.24) is 33.7 Å². The molecule has 0 unspecified atom stereocenters. The van der Waals surface area contributed by atoms with Gasteiger partial charge >= 0.3 is 10.2 Å². The Hall–Kier alpha value is -5.24. The van der Waals surface area contributed by atoms with E-state index in [4.69, 9.17) is 11.4 Å².